The van der Waals surface area contributed by atoms with E-state index in [9.17, 15) is 9.90 Å². The molecule has 1 aromatic rings. The number of rotatable bonds is 5. The fraction of sp³-hybridized carbons (Fsp3) is 0.455. The molecule has 0 aliphatic carbocycles. The third kappa shape index (κ3) is 4.08. The van der Waals surface area contributed by atoms with Crippen LogP contribution in [-0.2, 0) is 4.79 Å². The molecule has 0 saturated heterocycles. The summed E-state index contributed by atoms with van der Waals surface area (Å²) in [5.74, 6) is -0.0226. The van der Waals surface area contributed by atoms with Crippen molar-refractivity contribution in [2.24, 2.45) is 0 Å². The molecule has 0 aliphatic heterocycles. The Morgan fingerprint density at radius 3 is 2.80 bits per heavy atom. The lowest BCUT2D eigenvalue weighted by Crippen LogP contribution is -2.27. The summed E-state index contributed by atoms with van der Waals surface area (Å²) >= 11 is 0. The predicted molar refractivity (Wildman–Crippen MR) is 57.1 cm³/mol. The van der Waals surface area contributed by atoms with Gasteiger partial charge in [0.05, 0.1) is 6.10 Å². The van der Waals surface area contributed by atoms with Crippen molar-refractivity contribution in [2.75, 3.05) is 6.54 Å². The monoisotopic (exact) mass is 208 g/mol. The third-order valence-electron chi connectivity index (χ3n) is 2.06. The summed E-state index contributed by atoms with van der Waals surface area (Å²) in [6, 6.07) is 3.47. The van der Waals surface area contributed by atoms with Crippen molar-refractivity contribution in [3.63, 3.8) is 0 Å². The summed E-state index contributed by atoms with van der Waals surface area (Å²) in [5.41, 5.74) is 0.766. The topological polar surface area (TPSA) is 62.2 Å². The van der Waals surface area contributed by atoms with Crippen LogP contribution in [0.15, 0.2) is 24.5 Å². The van der Waals surface area contributed by atoms with E-state index in [1.165, 1.54) is 0 Å². The zero-order valence-electron chi connectivity index (χ0n) is 8.81. The number of aliphatic hydroxyl groups excluding tert-OH is 1. The van der Waals surface area contributed by atoms with Gasteiger partial charge in [-0.2, -0.15) is 0 Å². The van der Waals surface area contributed by atoms with Crippen molar-refractivity contribution in [2.45, 2.75) is 25.9 Å². The maximum atomic E-state index is 11.1. The summed E-state index contributed by atoms with van der Waals surface area (Å²) in [4.78, 5) is 15.0. The van der Waals surface area contributed by atoms with Gasteiger partial charge < -0.3 is 10.4 Å². The number of carbonyl (C=O) groups excluding carboxylic acids is 1. The van der Waals surface area contributed by atoms with E-state index in [1.54, 1.807) is 24.5 Å². The number of nitrogens with one attached hydrogen (secondary N) is 1. The average Bonchev–Trinajstić information content (AvgIpc) is 2.27. The lowest BCUT2D eigenvalue weighted by atomic mass is 10.1. The molecular weight excluding hydrogens is 192 g/mol. The lowest BCUT2D eigenvalue weighted by molar-refractivity contribution is -0.121. The zero-order valence-corrected chi connectivity index (χ0v) is 8.81. The van der Waals surface area contributed by atoms with Crippen molar-refractivity contribution in [3.8, 4) is 0 Å². The Balaban J connectivity index is 2.37. The first kappa shape index (κ1) is 11.7. The second-order valence-corrected chi connectivity index (χ2v) is 3.35. The van der Waals surface area contributed by atoms with E-state index in [4.69, 9.17) is 0 Å². The first-order valence-electron chi connectivity index (χ1n) is 5.08. The number of aromatic nitrogens is 1. The minimum absolute atomic E-state index is 0.0226. The van der Waals surface area contributed by atoms with Crippen LogP contribution in [-0.4, -0.2) is 22.5 Å². The zero-order chi connectivity index (χ0) is 11.1. The van der Waals surface area contributed by atoms with Gasteiger partial charge in [-0.3, -0.25) is 9.78 Å². The van der Waals surface area contributed by atoms with Gasteiger partial charge in [-0.25, -0.2) is 0 Å². The summed E-state index contributed by atoms with van der Waals surface area (Å²) in [7, 11) is 0. The van der Waals surface area contributed by atoms with E-state index in [-0.39, 0.29) is 12.5 Å². The Hall–Kier alpha value is -1.42. The highest BCUT2D eigenvalue weighted by atomic mass is 16.3. The fourth-order valence-corrected chi connectivity index (χ4v) is 1.23. The van der Waals surface area contributed by atoms with Gasteiger partial charge in [0.25, 0.3) is 0 Å². The van der Waals surface area contributed by atoms with Crippen LogP contribution in [0.25, 0.3) is 0 Å². The van der Waals surface area contributed by atoms with E-state index in [2.05, 4.69) is 10.3 Å². The maximum Gasteiger partial charge on any atom is 0.220 e. The molecule has 0 fully saturated rings. The van der Waals surface area contributed by atoms with E-state index in [1.807, 2.05) is 6.92 Å². The Labute approximate surface area is 89.3 Å². The Kier molecular flexibility index (Phi) is 4.77. The Morgan fingerprint density at radius 1 is 1.53 bits per heavy atom. The van der Waals surface area contributed by atoms with Gasteiger partial charge in [-0.05, 0) is 24.1 Å². The van der Waals surface area contributed by atoms with Crippen LogP contribution in [0, 0.1) is 0 Å². The van der Waals surface area contributed by atoms with Gasteiger partial charge in [0.15, 0.2) is 0 Å². The number of hydrogen-bond acceptors (Lipinski definition) is 3. The lowest BCUT2D eigenvalue weighted by Gasteiger charge is -2.11. The molecule has 0 aliphatic rings. The summed E-state index contributed by atoms with van der Waals surface area (Å²) in [6.07, 6.45) is 3.90. The minimum Gasteiger partial charge on any atom is -0.387 e. The molecule has 1 atom stereocenters. The fourth-order valence-electron chi connectivity index (χ4n) is 1.23. The van der Waals surface area contributed by atoms with Crippen molar-refractivity contribution in [1.29, 1.82) is 0 Å². The van der Waals surface area contributed by atoms with Crippen LogP contribution in [0.3, 0.4) is 0 Å². The highest BCUT2D eigenvalue weighted by Gasteiger charge is 2.08. The summed E-state index contributed by atoms with van der Waals surface area (Å²) < 4.78 is 0. The largest absolute Gasteiger partial charge is 0.387 e. The van der Waals surface area contributed by atoms with E-state index in [0.29, 0.717) is 6.42 Å². The smallest absolute Gasteiger partial charge is 0.220 e. The second kappa shape index (κ2) is 6.14. The van der Waals surface area contributed by atoms with Crippen LogP contribution in [0.2, 0.25) is 0 Å². The SMILES string of the molecule is CCCC(=O)NCC(O)c1ccncc1. The molecule has 2 N–H and O–H groups in total. The van der Waals surface area contributed by atoms with Crippen molar-refractivity contribution in [1.82, 2.24) is 10.3 Å². The Morgan fingerprint density at radius 2 is 2.20 bits per heavy atom. The number of aliphatic hydroxyl groups is 1. The molecule has 1 rings (SSSR count). The highest BCUT2D eigenvalue weighted by Crippen LogP contribution is 2.09. The molecule has 1 amide bonds. The van der Waals surface area contributed by atoms with Crippen molar-refractivity contribution in [3.05, 3.63) is 30.1 Å². The summed E-state index contributed by atoms with van der Waals surface area (Å²) in [6.45, 7) is 2.20. The molecule has 15 heavy (non-hydrogen) atoms. The van der Waals surface area contributed by atoms with E-state index in [0.717, 1.165) is 12.0 Å². The number of hydrogen-bond donors (Lipinski definition) is 2. The van der Waals surface area contributed by atoms with Crippen molar-refractivity contribution >= 4 is 5.91 Å². The van der Waals surface area contributed by atoms with Gasteiger partial charge >= 0.3 is 0 Å². The van der Waals surface area contributed by atoms with Crippen LogP contribution >= 0.6 is 0 Å². The van der Waals surface area contributed by atoms with Crippen LogP contribution < -0.4 is 5.32 Å². The minimum atomic E-state index is -0.659. The second-order valence-electron chi connectivity index (χ2n) is 3.35. The first-order valence-corrected chi connectivity index (χ1v) is 5.08. The van der Waals surface area contributed by atoms with Gasteiger partial charge in [0.1, 0.15) is 0 Å². The van der Waals surface area contributed by atoms with Crippen LogP contribution in [0.4, 0.5) is 0 Å². The molecule has 4 nitrogen and oxygen atoms in total. The number of carbonyl (C=O) groups is 1. The van der Waals surface area contributed by atoms with E-state index >= 15 is 0 Å². The van der Waals surface area contributed by atoms with Gasteiger partial charge in [-0.15, -0.1) is 0 Å². The molecule has 0 spiro atoms. The number of pyridine rings is 1. The molecule has 82 valence electrons. The third-order valence-corrected chi connectivity index (χ3v) is 2.06. The number of amides is 1. The van der Waals surface area contributed by atoms with Gasteiger partial charge in [0.2, 0.25) is 5.91 Å². The molecule has 0 radical (unpaired) electrons. The van der Waals surface area contributed by atoms with Crippen LogP contribution in [0.1, 0.15) is 31.4 Å². The van der Waals surface area contributed by atoms with Gasteiger partial charge in [0, 0.05) is 25.4 Å². The molecular formula is C11H16N2O2. The summed E-state index contributed by atoms with van der Waals surface area (Å²) in [5, 5.41) is 12.4. The molecule has 0 saturated carbocycles. The molecule has 0 aromatic carbocycles. The van der Waals surface area contributed by atoms with E-state index < -0.39 is 6.10 Å². The predicted octanol–water partition coefficient (Wildman–Crippen LogP) is 1.03. The van der Waals surface area contributed by atoms with Crippen LogP contribution in [0.5, 0.6) is 0 Å². The Bertz CT molecular complexity index is 301. The molecule has 1 unspecified atom stereocenters. The molecule has 4 heteroatoms. The molecule has 1 heterocycles. The quantitative estimate of drug-likeness (QED) is 0.759. The van der Waals surface area contributed by atoms with Crippen molar-refractivity contribution < 1.29 is 9.90 Å². The normalized spacial score (nSPS) is 12.1. The number of nitrogens with zero attached hydrogens (tertiary/aromatic N) is 1. The maximum absolute atomic E-state index is 11.1. The average molecular weight is 208 g/mol. The standard InChI is InChI=1S/C11H16N2O2/c1-2-3-11(15)13-8-10(14)9-4-6-12-7-5-9/h4-7,10,14H,2-3,8H2,1H3,(H,13,15). The highest BCUT2D eigenvalue weighted by molar-refractivity contribution is 5.75. The first-order chi connectivity index (χ1) is 7.24. The van der Waals surface area contributed by atoms with Gasteiger partial charge in [-0.1, -0.05) is 6.92 Å². The molecule has 0 bridgehead atoms. The molecule has 1 aromatic heterocycles.